The third-order valence-electron chi connectivity index (χ3n) is 7.10. The molecule has 0 bridgehead atoms. The summed E-state index contributed by atoms with van der Waals surface area (Å²) in [5.74, 6) is 0.860. The van der Waals surface area contributed by atoms with E-state index >= 15 is 0 Å². The van der Waals surface area contributed by atoms with Crippen molar-refractivity contribution >= 4 is 43.7 Å². The number of benzene rings is 4. The molecule has 0 aliphatic carbocycles. The van der Waals surface area contributed by atoms with Crippen molar-refractivity contribution in [2.24, 2.45) is 0 Å². The molecule has 0 radical (unpaired) electrons. The molecular weight excluding hydrogens is 430 g/mol. The van der Waals surface area contributed by atoms with Gasteiger partial charge in [0, 0.05) is 27.5 Å². The number of fused-ring (bicyclic) bond motifs is 6. The maximum atomic E-state index is 6.65. The monoisotopic (exact) mass is 453 g/mol. The molecule has 4 nitrogen and oxygen atoms in total. The first kappa shape index (κ1) is 20.0. The van der Waals surface area contributed by atoms with Crippen LogP contribution in [0.4, 0.5) is 0 Å². The van der Waals surface area contributed by atoms with E-state index in [-0.39, 0.29) is 0 Å². The summed E-state index contributed by atoms with van der Waals surface area (Å²) in [6.07, 6.45) is 0. The Bertz CT molecular complexity index is 1930. The van der Waals surface area contributed by atoms with Crippen LogP contribution in [0.5, 0.6) is 0 Å². The van der Waals surface area contributed by atoms with Crippen LogP contribution < -0.4 is 0 Å². The Morgan fingerprint density at radius 1 is 0.629 bits per heavy atom. The summed E-state index contributed by atoms with van der Waals surface area (Å²) in [7, 11) is 0. The zero-order chi connectivity index (χ0) is 23.7. The molecule has 0 amide bonds. The van der Waals surface area contributed by atoms with Crippen LogP contribution in [0.2, 0.25) is 0 Å². The van der Waals surface area contributed by atoms with E-state index in [2.05, 4.69) is 97.3 Å². The molecule has 0 fully saturated rings. The Labute approximate surface area is 202 Å². The van der Waals surface area contributed by atoms with Crippen molar-refractivity contribution in [2.75, 3.05) is 0 Å². The van der Waals surface area contributed by atoms with Gasteiger partial charge in [0.1, 0.15) is 17.0 Å². The zero-order valence-electron chi connectivity index (χ0n) is 19.8. The van der Waals surface area contributed by atoms with Crippen molar-refractivity contribution in [1.29, 1.82) is 0 Å². The highest BCUT2D eigenvalue weighted by Gasteiger charge is 2.23. The minimum atomic E-state index is 0.853. The first-order chi connectivity index (χ1) is 17.1. The van der Waals surface area contributed by atoms with Crippen LogP contribution in [-0.2, 0) is 0 Å². The number of imidazole rings is 1. The maximum Gasteiger partial charge on any atom is 0.149 e. The molecule has 0 aliphatic rings. The molecule has 168 valence electrons. The Morgan fingerprint density at radius 3 is 2.23 bits per heavy atom. The largest absolute Gasteiger partial charge is 0.455 e. The van der Waals surface area contributed by atoms with Crippen molar-refractivity contribution in [1.82, 2.24) is 14.5 Å². The minimum absolute atomic E-state index is 0.853. The normalized spacial score (nSPS) is 11.9. The summed E-state index contributed by atoms with van der Waals surface area (Å²) in [4.78, 5) is 10.1. The van der Waals surface area contributed by atoms with E-state index in [4.69, 9.17) is 14.4 Å². The molecule has 7 rings (SSSR count). The molecular formula is C31H23N3O. The van der Waals surface area contributed by atoms with E-state index in [1.54, 1.807) is 0 Å². The molecule has 0 aliphatic heterocycles. The summed E-state index contributed by atoms with van der Waals surface area (Å²) in [6, 6.07) is 29.4. The standard InChI is InChI=1S/C31H23N3O/c1-18-19(2)32-20(3)28-27(18)33-31(34(28)22-11-5-4-6-12-22)26-15-9-14-24-25-17-16-21-10-7-8-13-23(21)29(25)35-30(24)26/h4-17H,1-3H3. The predicted molar refractivity (Wildman–Crippen MR) is 143 cm³/mol. The average Bonchev–Trinajstić information content (AvgIpc) is 3.48. The van der Waals surface area contributed by atoms with E-state index in [9.17, 15) is 0 Å². The number of aryl methyl sites for hydroxylation is 3. The number of hydrogen-bond acceptors (Lipinski definition) is 3. The molecule has 0 saturated carbocycles. The van der Waals surface area contributed by atoms with Crippen molar-refractivity contribution in [3.63, 3.8) is 0 Å². The Balaban J connectivity index is 1.64. The predicted octanol–water partition coefficient (Wildman–Crippen LogP) is 8.07. The Kier molecular flexibility index (Phi) is 4.15. The van der Waals surface area contributed by atoms with Gasteiger partial charge in [-0.25, -0.2) is 4.98 Å². The molecule has 35 heavy (non-hydrogen) atoms. The van der Waals surface area contributed by atoms with E-state index in [0.29, 0.717) is 0 Å². The van der Waals surface area contributed by atoms with Crippen molar-refractivity contribution < 1.29 is 4.42 Å². The number of furan rings is 1. The molecule has 0 saturated heterocycles. The highest BCUT2D eigenvalue weighted by molar-refractivity contribution is 6.17. The molecule has 3 aromatic heterocycles. The minimum Gasteiger partial charge on any atom is -0.455 e. The van der Waals surface area contributed by atoms with Gasteiger partial charge in [-0.15, -0.1) is 0 Å². The number of aromatic nitrogens is 3. The third kappa shape index (κ3) is 2.80. The van der Waals surface area contributed by atoms with Gasteiger partial charge in [-0.05, 0) is 56.0 Å². The van der Waals surface area contributed by atoms with Gasteiger partial charge in [-0.1, -0.05) is 60.7 Å². The summed E-state index contributed by atoms with van der Waals surface area (Å²) < 4.78 is 8.88. The second-order valence-electron chi connectivity index (χ2n) is 9.16. The summed E-state index contributed by atoms with van der Waals surface area (Å²) in [5, 5.41) is 4.51. The van der Waals surface area contributed by atoms with Gasteiger partial charge in [-0.2, -0.15) is 0 Å². The molecule has 0 atom stereocenters. The van der Waals surface area contributed by atoms with Gasteiger partial charge in [0.05, 0.1) is 22.3 Å². The van der Waals surface area contributed by atoms with Crippen LogP contribution in [0.15, 0.2) is 89.3 Å². The topological polar surface area (TPSA) is 43.9 Å². The highest BCUT2D eigenvalue weighted by Crippen LogP contribution is 2.40. The second-order valence-corrected chi connectivity index (χ2v) is 9.16. The molecule has 7 aromatic rings. The quantitative estimate of drug-likeness (QED) is 0.266. The molecule has 0 N–H and O–H groups in total. The Hall–Kier alpha value is -4.44. The number of rotatable bonds is 2. The Morgan fingerprint density at radius 2 is 1.37 bits per heavy atom. The van der Waals surface area contributed by atoms with Crippen LogP contribution in [0.1, 0.15) is 17.0 Å². The van der Waals surface area contributed by atoms with Crippen LogP contribution in [-0.4, -0.2) is 14.5 Å². The molecule has 0 spiro atoms. The van der Waals surface area contributed by atoms with Crippen LogP contribution in [0.25, 0.3) is 60.8 Å². The number of pyridine rings is 1. The molecule has 0 unspecified atom stereocenters. The summed E-state index contributed by atoms with van der Waals surface area (Å²) in [6.45, 7) is 6.21. The van der Waals surface area contributed by atoms with Gasteiger partial charge in [0.15, 0.2) is 0 Å². The fraction of sp³-hybridized carbons (Fsp3) is 0.0968. The lowest BCUT2D eigenvalue weighted by molar-refractivity contribution is 0.673. The lowest BCUT2D eigenvalue weighted by Gasteiger charge is -2.11. The lowest BCUT2D eigenvalue weighted by atomic mass is 10.0. The average molecular weight is 454 g/mol. The van der Waals surface area contributed by atoms with E-state index in [1.807, 2.05) is 13.0 Å². The lowest BCUT2D eigenvalue weighted by Crippen LogP contribution is -2.00. The zero-order valence-corrected chi connectivity index (χ0v) is 19.8. The van der Waals surface area contributed by atoms with Gasteiger partial charge in [0.25, 0.3) is 0 Å². The van der Waals surface area contributed by atoms with Crippen LogP contribution in [0.3, 0.4) is 0 Å². The molecule has 4 aromatic carbocycles. The molecule has 4 heteroatoms. The SMILES string of the molecule is Cc1nc(C)c2c(nc(-c3cccc4c3oc3c5ccccc5ccc43)n2-c2ccccc2)c1C. The van der Waals surface area contributed by atoms with Crippen LogP contribution >= 0.6 is 0 Å². The second kappa shape index (κ2) is 7.28. The first-order valence-electron chi connectivity index (χ1n) is 11.9. The van der Waals surface area contributed by atoms with Gasteiger partial charge in [-0.3, -0.25) is 9.55 Å². The number of nitrogens with zero attached hydrogens (tertiary/aromatic N) is 3. The van der Waals surface area contributed by atoms with Gasteiger partial charge >= 0.3 is 0 Å². The van der Waals surface area contributed by atoms with Crippen molar-refractivity contribution in [2.45, 2.75) is 20.8 Å². The third-order valence-corrected chi connectivity index (χ3v) is 7.10. The van der Waals surface area contributed by atoms with Crippen molar-refractivity contribution in [3.05, 3.63) is 102 Å². The van der Waals surface area contributed by atoms with Crippen LogP contribution in [0, 0.1) is 20.8 Å². The summed E-state index contributed by atoms with van der Waals surface area (Å²) >= 11 is 0. The highest BCUT2D eigenvalue weighted by atomic mass is 16.3. The van der Waals surface area contributed by atoms with Gasteiger partial charge < -0.3 is 4.42 Å². The number of para-hydroxylation sites is 2. The molecule has 3 heterocycles. The summed E-state index contributed by atoms with van der Waals surface area (Å²) in [5.41, 5.74) is 8.88. The van der Waals surface area contributed by atoms with Gasteiger partial charge in [0.2, 0.25) is 0 Å². The van der Waals surface area contributed by atoms with E-state index in [0.717, 1.165) is 72.4 Å². The number of hydrogen-bond donors (Lipinski definition) is 0. The smallest absolute Gasteiger partial charge is 0.149 e. The first-order valence-corrected chi connectivity index (χ1v) is 11.9. The van der Waals surface area contributed by atoms with Crippen molar-refractivity contribution in [3.8, 4) is 17.1 Å². The van der Waals surface area contributed by atoms with E-state index < -0.39 is 0 Å². The fourth-order valence-electron chi connectivity index (χ4n) is 5.29. The maximum absolute atomic E-state index is 6.65. The fourth-order valence-corrected chi connectivity index (χ4v) is 5.29. The van der Waals surface area contributed by atoms with E-state index in [1.165, 1.54) is 5.39 Å².